The normalized spacial score (nSPS) is 9.94. The van der Waals surface area contributed by atoms with Gasteiger partial charge in [-0.25, -0.2) is 0 Å². The number of ether oxygens (including phenoxy) is 1. The SMILES string of the molecule is CCCCOc1cc(C(N)=O)cc(C(N)=O)c1. The van der Waals surface area contributed by atoms with Gasteiger partial charge in [0.1, 0.15) is 5.75 Å². The van der Waals surface area contributed by atoms with Crippen molar-refractivity contribution >= 4 is 11.8 Å². The van der Waals surface area contributed by atoms with Gasteiger partial charge in [0.2, 0.25) is 11.8 Å². The summed E-state index contributed by atoms with van der Waals surface area (Å²) in [5, 5.41) is 0. The molecule has 0 unspecified atom stereocenters. The number of carbonyl (C=O) groups is 2. The topological polar surface area (TPSA) is 95.4 Å². The quantitative estimate of drug-likeness (QED) is 0.723. The third-order valence-electron chi connectivity index (χ3n) is 2.24. The van der Waals surface area contributed by atoms with Crippen molar-refractivity contribution in [1.29, 1.82) is 0 Å². The van der Waals surface area contributed by atoms with E-state index in [0.717, 1.165) is 12.8 Å². The molecule has 2 amide bonds. The first-order valence-electron chi connectivity index (χ1n) is 5.42. The number of unbranched alkanes of at least 4 members (excludes halogenated alkanes) is 1. The van der Waals surface area contributed by atoms with Crippen molar-refractivity contribution in [3.05, 3.63) is 29.3 Å². The summed E-state index contributed by atoms with van der Waals surface area (Å²) in [5.41, 5.74) is 10.8. The summed E-state index contributed by atoms with van der Waals surface area (Å²) in [7, 11) is 0. The molecule has 1 rings (SSSR count). The maximum Gasteiger partial charge on any atom is 0.248 e. The highest BCUT2D eigenvalue weighted by molar-refractivity contribution is 5.99. The lowest BCUT2D eigenvalue weighted by Gasteiger charge is -2.08. The van der Waals surface area contributed by atoms with Gasteiger partial charge in [-0.05, 0) is 24.6 Å². The minimum atomic E-state index is -0.617. The number of amides is 2. The lowest BCUT2D eigenvalue weighted by molar-refractivity contribution is 0.0999. The van der Waals surface area contributed by atoms with E-state index in [1.54, 1.807) is 0 Å². The van der Waals surface area contributed by atoms with E-state index in [1.807, 2.05) is 6.92 Å². The van der Waals surface area contributed by atoms with E-state index in [0.29, 0.717) is 12.4 Å². The Morgan fingerprint density at radius 2 is 1.65 bits per heavy atom. The van der Waals surface area contributed by atoms with Crippen LogP contribution in [0.2, 0.25) is 0 Å². The minimum absolute atomic E-state index is 0.216. The highest BCUT2D eigenvalue weighted by Gasteiger charge is 2.09. The van der Waals surface area contributed by atoms with Crippen molar-refractivity contribution in [3.63, 3.8) is 0 Å². The molecule has 0 aliphatic rings. The van der Waals surface area contributed by atoms with E-state index in [2.05, 4.69) is 0 Å². The van der Waals surface area contributed by atoms with E-state index in [-0.39, 0.29) is 11.1 Å². The van der Waals surface area contributed by atoms with Crippen LogP contribution in [0.25, 0.3) is 0 Å². The van der Waals surface area contributed by atoms with E-state index >= 15 is 0 Å². The molecule has 0 bridgehead atoms. The number of carbonyl (C=O) groups excluding carboxylic acids is 2. The van der Waals surface area contributed by atoms with E-state index in [1.165, 1.54) is 18.2 Å². The summed E-state index contributed by atoms with van der Waals surface area (Å²) in [4.78, 5) is 22.1. The average Bonchev–Trinajstić information content (AvgIpc) is 2.29. The predicted molar refractivity (Wildman–Crippen MR) is 63.9 cm³/mol. The third kappa shape index (κ3) is 3.79. The van der Waals surface area contributed by atoms with Crippen molar-refractivity contribution in [2.75, 3.05) is 6.61 Å². The Morgan fingerprint density at radius 3 is 2.06 bits per heavy atom. The van der Waals surface area contributed by atoms with Gasteiger partial charge in [-0.15, -0.1) is 0 Å². The Bertz CT molecular complexity index is 398. The molecule has 0 heterocycles. The van der Waals surface area contributed by atoms with Crippen LogP contribution >= 0.6 is 0 Å². The van der Waals surface area contributed by atoms with Crippen molar-refractivity contribution in [1.82, 2.24) is 0 Å². The van der Waals surface area contributed by atoms with Crippen molar-refractivity contribution in [2.24, 2.45) is 11.5 Å². The molecule has 5 heteroatoms. The largest absolute Gasteiger partial charge is 0.494 e. The first-order chi connectivity index (χ1) is 8.04. The second kappa shape index (κ2) is 5.89. The molecule has 0 fully saturated rings. The standard InChI is InChI=1S/C12H16N2O3/c1-2-3-4-17-10-6-8(11(13)15)5-9(7-10)12(14)16/h5-7H,2-4H2,1H3,(H2,13,15)(H2,14,16). The van der Waals surface area contributed by atoms with Crippen LogP contribution in [0.5, 0.6) is 5.75 Å². The van der Waals surface area contributed by atoms with Crippen LogP contribution in [0.1, 0.15) is 40.5 Å². The van der Waals surface area contributed by atoms with Crippen LogP contribution in [-0.4, -0.2) is 18.4 Å². The fraction of sp³-hybridized carbons (Fsp3) is 0.333. The summed E-state index contributed by atoms with van der Waals surface area (Å²) in [6, 6.07) is 4.37. The van der Waals surface area contributed by atoms with Gasteiger partial charge < -0.3 is 16.2 Å². The molecule has 0 aromatic heterocycles. The molecule has 17 heavy (non-hydrogen) atoms. The van der Waals surface area contributed by atoms with Crippen LogP contribution in [-0.2, 0) is 0 Å². The number of rotatable bonds is 6. The molecule has 4 N–H and O–H groups in total. The Labute approximate surface area is 99.7 Å². The maximum absolute atomic E-state index is 11.1. The minimum Gasteiger partial charge on any atom is -0.494 e. The number of benzene rings is 1. The second-order valence-electron chi connectivity index (χ2n) is 3.68. The zero-order valence-corrected chi connectivity index (χ0v) is 9.73. The number of nitrogens with two attached hydrogens (primary N) is 2. The maximum atomic E-state index is 11.1. The summed E-state index contributed by atoms with van der Waals surface area (Å²) in [5.74, 6) is -0.801. The molecular formula is C12H16N2O3. The average molecular weight is 236 g/mol. The van der Waals surface area contributed by atoms with E-state index in [4.69, 9.17) is 16.2 Å². The predicted octanol–water partition coefficient (Wildman–Crippen LogP) is 1.06. The van der Waals surface area contributed by atoms with Crippen molar-refractivity contribution in [3.8, 4) is 5.75 Å². The molecule has 1 aromatic carbocycles. The van der Waals surface area contributed by atoms with Gasteiger partial charge in [-0.1, -0.05) is 13.3 Å². The molecule has 92 valence electrons. The van der Waals surface area contributed by atoms with Gasteiger partial charge >= 0.3 is 0 Å². The number of primary amides is 2. The number of hydrogen-bond donors (Lipinski definition) is 2. The highest BCUT2D eigenvalue weighted by Crippen LogP contribution is 2.17. The van der Waals surface area contributed by atoms with Gasteiger partial charge in [0, 0.05) is 11.1 Å². The van der Waals surface area contributed by atoms with Crippen molar-refractivity contribution in [2.45, 2.75) is 19.8 Å². The summed E-state index contributed by atoms with van der Waals surface area (Å²) >= 11 is 0. The van der Waals surface area contributed by atoms with Gasteiger partial charge in [0.15, 0.2) is 0 Å². The van der Waals surface area contributed by atoms with Gasteiger partial charge in [0.25, 0.3) is 0 Å². The monoisotopic (exact) mass is 236 g/mol. The smallest absolute Gasteiger partial charge is 0.248 e. The molecule has 0 spiro atoms. The lowest BCUT2D eigenvalue weighted by atomic mass is 10.1. The molecule has 0 saturated heterocycles. The zero-order chi connectivity index (χ0) is 12.8. The Balaban J connectivity index is 2.95. The summed E-state index contributed by atoms with van der Waals surface area (Å²) in [6.07, 6.45) is 1.89. The van der Waals surface area contributed by atoms with Gasteiger partial charge in [0.05, 0.1) is 6.61 Å². The molecule has 0 aliphatic heterocycles. The van der Waals surface area contributed by atoms with E-state index in [9.17, 15) is 9.59 Å². The van der Waals surface area contributed by atoms with Crippen LogP contribution in [0, 0.1) is 0 Å². The van der Waals surface area contributed by atoms with Crippen LogP contribution < -0.4 is 16.2 Å². The Kier molecular flexibility index (Phi) is 4.51. The first kappa shape index (κ1) is 13.0. The molecule has 0 aliphatic carbocycles. The molecule has 0 saturated carbocycles. The fourth-order valence-electron chi connectivity index (χ4n) is 1.30. The Hall–Kier alpha value is -2.04. The molecule has 0 radical (unpaired) electrons. The number of hydrogen-bond acceptors (Lipinski definition) is 3. The van der Waals surface area contributed by atoms with Crippen LogP contribution in [0.4, 0.5) is 0 Å². The molecule has 0 atom stereocenters. The zero-order valence-electron chi connectivity index (χ0n) is 9.73. The fourth-order valence-corrected chi connectivity index (χ4v) is 1.30. The van der Waals surface area contributed by atoms with Gasteiger partial charge in [-0.2, -0.15) is 0 Å². The van der Waals surface area contributed by atoms with Crippen molar-refractivity contribution < 1.29 is 14.3 Å². The van der Waals surface area contributed by atoms with Gasteiger partial charge in [-0.3, -0.25) is 9.59 Å². The summed E-state index contributed by atoms with van der Waals surface area (Å²) < 4.78 is 5.41. The molecular weight excluding hydrogens is 220 g/mol. The first-order valence-corrected chi connectivity index (χ1v) is 5.42. The van der Waals surface area contributed by atoms with Crippen LogP contribution in [0.3, 0.4) is 0 Å². The lowest BCUT2D eigenvalue weighted by Crippen LogP contribution is -2.16. The molecule has 1 aromatic rings. The summed E-state index contributed by atoms with van der Waals surface area (Å²) in [6.45, 7) is 2.56. The third-order valence-corrected chi connectivity index (χ3v) is 2.24. The Morgan fingerprint density at radius 1 is 1.12 bits per heavy atom. The van der Waals surface area contributed by atoms with E-state index < -0.39 is 11.8 Å². The highest BCUT2D eigenvalue weighted by atomic mass is 16.5. The second-order valence-corrected chi connectivity index (χ2v) is 3.68. The molecule has 5 nitrogen and oxygen atoms in total. The van der Waals surface area contributed by atoms with Crippen LogP contribution in [0.15, 0.2) is 18.2 Å².